The molecular formula is C14H25N3O4S. The number of nitrogens with one attached hydrogen (secondary N) is 2. The van der Waals surface area contributed by atoms with Crippen LogP contribution < -0.4 is 11.0 Å². The molecule has 4 atom stereocenters. The summed E-state index contributed by atoms with van der Waals surface area (Å²) in [6, 6.07) is -0.732. The first-order valence-electron chi connectivity index (χ1n) is 8.14. The van der Waals surface area contributed by atoms with E-state index in [2.05, 4.69) is 11.0 Å². The van der Waals surface area contributed by atoms with Gasteiger partial charge in [-0.1, -0.05) is 0 Å². The summed E-state index contributed by atoms with van der Waals surface area (Å²) in [4.78, 5) is 16.0. The van der Waals surface area contributed by atoms with E-state index in [1.54, 1.807) is 7.11 Å². The summed E-state index contributed by atoms with van der Waals surface area (Å²) >= 11 is 1.96. The molecule has 7 nitrogen and oxygen atoms in total. The van der Waals surface area contributed by atoms with Crippen LogP contribution in [-0.4, -0.2) is 47.3 Å². The van der Waals surface area contributed by atoms with Crippen molar-refractivity contribution in [3.05, 3.63) is 10.1 Å². The minimum absolute atomic E-state index is 0.0319. The molecule has 2 N–H and O–H groups in total. The van der Waals surface area contributed by atoms with Gasteiger partial charge >= 0.3 is 0 Å². The second-order valence-electron chi connectivity index (χ2n) is 6.57. The van der Waals surface area contributed by atoms with Crippen LogP contribution in [0.3, 0.4) is 0 Å². The van der Waals surface area contributed by atoms with Gasteiger partial charge in [-0.15, -0.1) is 0 Å². The van der Waals surface area contributed by atoms with Crippen molar-refractivity contribution < 1.29 is 14.6 Å². The third-order valence-corrected chi connectivity index (χ3v) is 6.90. The van der Waals surface area contributed by atoms with Crippen LogP contribution in [0.25, 0.3) is 0 Å². The van der Waals surface area contributed by atoms with E-state index in [4.69, 9.17) is 9.68 Å². The number of nitro groups is 1. The molecule has 0 aromatic heterocycles. The van der Waals surface area contributed by atoms with Crippen LogP contribution in [0.2, 0.25) is 0 Å². The Balaban J connectivity index is 1.48. The SMILES string of the molecule is COC1CCC(CSC2CCC([N+](=O)[O-])C3NONC23)CC1. The quantitative estimate of drug-likeness (QED) is 0.583. The summed E-state index contributed by atoms with van der Waals surface area (Å²) in [6.45, 7) is 0. The fraction of sp³-hybridized carbons (Fsp3) is 1.00. The van der Waals surface area contributed by atoms with E-state index in [1.165, 1.54) is 12.8 Å². The number of rotatable bonds is 5. The van der Waals surface area contributed by atoms with Crippen LogP contribution in [0.15, 0.2) is 0 Å². The number of thioether (sulfide) groups is 1. The second kappa shape index (κ2) is 7.44. The van der Waals surface area contributed by atoms with Gasteiger partial charge < -0.3 is 4.74 Å². The third kappa shape index (κ3) is 3.56. The van der Waals surface area contributed by atoms with E-state index < -0.39 is 6.04 Å². The van der Waals surface area contributed by atoms with Gasteiger partial charge in [-0.05, 0) is 43.8 Å². The van der Waals surface area contributed by atoms with Crippen molar-refractivity contribution in [1.82, 2.24) is 11.0 Å². The van der Waals surface area contributed by atoms with Crippen molar-refractivity contribution in [2.75, 3.05) is 12.9 Å². The Morgan fingerprint density at radius 2 is 1.91 bits per heavy atom. The Morgan fingerprint density at radius 3 is 2.59 bits per heavy atom. The number of hydrogen-bond donors (Lipinski definition) is 2. The molecule has 0 aromatic rings. The molecular weight excluding hydrogens is 306 g/mol. The molecule has 1 saturated heterocycles. The lowest BCUT2D eigenvalue weighted by Crippen LogP contribution is -2.55. The molecule has 0 amide bonds. The highest BCUT2D eigenvalue weighted by molar-refractivity contribution is 7.99. The molecule has 3 rings (SSSR count). The number of methoxy groups -OCH3 is 1. The molecule has 22 heavy (non-hydrogen) atoms. The predicted octanol–water partition coefficient (Wildman–Crippen LogP) is 1.51. The maximum Gasteiger partial charge on any atom is 0.232 e. The fourth-order valence-corrected chi connectivity index (χ4v) is 5.44. The molecule has 0 radical (unpaired) electrons. The first-order valence-corrected chi connectivity index (χ1v) is 9.18. The molecule has 4 unspecified atom stereocenters. The second-order valence-corrected chi connectivity index (χ2v) is 7.84. The average molecular weight is 331 g/mol. The number of hydrogen-bond acceptors (Lipinski definition) is 7. The Hall–Kier alpha value is -0.410. The van der Waals surface area contributed by atoms with Gasteiger partial charge in [0, 0.05) is 23.7 Å². The van der Waals surface area contributed by atoms with Gasteiger partial charge in [0.15, 0.2) is 0 Å². The normalized spacial score (nSPS) is 42.0. The minimum atomic E-state index is -0.547. The number of fused-ring (bicyclic) bond motifs is 1. The fourth-order valence-electron chi connectivity index (χ4n) is 3.85. The average Bonchev–Trinajstić information content (AvgIpc) is 3.02. The van der Waals surface area contributed by atoms with Crippen LogP contribution in [0, 0.1) is 16.0 Å². The van der Waals surface area contributed by atoms with Gasteiger partial charge in [0.05, 0.1) is 12.1 Å². The molecule has 0 spiro atoms. The summed E-state index contributed by atoms with van der Waals surface area (Å²) in [5.74, 6) is 1.88. The predicted molar refractivity (Wildman–Crippen MR) is 83.9 cm³/mol. The zero-order valence-electron chi connectivity index (χ0n) is 12.9. The van der Waals surface area contributed by atoms with E-state index >= 15 is 0 Å². The van der Waals surface area contributed by atoms with E-state index in [0.717, 1.165) is 30.9 Å². The molecule has 3 fully saturated rings. The highest BCUT2D eigenvalue weighted by atomic mass is 32.2. The van der Waals surface area contributed by atoms with Gasteiger partial charge in [0.2, 0.25) is 6.04 Å². The highest BCUT2D eigenvalue weighted by Gasteiger charge is 2.49. The van der Waals surface area contributed by atoms with Crippen molar-refractivity contribution in [2.24, 2.45) is 5.92 Å². The van der Waals surface area contributed by atoms with Crippen molar-refractivity contribution >= 4 is 11.8 Å². The maximum atomic E-state index is 11.1. The first kappa shape index (κ1) is 16.4. The summed E-state index contributed by atoms with van der Waals surface area (Å²) < 4.78 is 5.42. The van der Waals surface area contributed by atoms with Gasteiger partial charge in [-0.25, -0.2) is 4.94 Å². The molecule has 1 aliphatic heterocycles. The Morgan fingerprint density at radius 1 is 1.18 bits per heavy atom. The van der Waals surface area contributed by atoms with Gasteiger partial charge in [-0.2, -0.15) is 22.7 Å². The standard InChI is InChI=1S/C14H25N3O4S/c1-20-10-4-2-9(3-5-10)8-22-12-7-6-11(17(18)19)13-14(12)16-21-15-13/h9-16H,2-8H2,1H3. The summed E-state index contributed by atoms with van der Waals surface area (Å²) in [7, 11) is 1.80. The Bertz CT molecular complexity index is 392. The van der Waals surface area contributed by atoms with Crippen LogP contribution in [0.1, 0.15) is 38.5 Å². The van der Waals surface area contributed by atoms with Crippen LogP contribution in [0.5, 0.6) is 0 Å². The lowest BCUT2D eigenvalue weighted by Gasteiger charge is -2.34. The lowest BCUT2D eigenvalue weighted by atomic mass is 9.87. The maximum absolute atomic E-state index is 11.1. The number of hydroxylamine groups is 2. The summed E-state index contributed by atoms with van der Waals surface area (Å²) in [6.07, 6.45) is 6.71. The molecule has 2 aliphatic carbocycles. The van der Waals surface area contributed by atoms with E-state index in [0.29, 0.717) is 17.8 Å². The molecule has 3 aliphatic rings. The smallest absolute Gasteiger partial charge is 0.232 e. The molecule has 8 heteroatoms. The summed E-state index contributed by atoms with van der Waals surface area (Å²) in [5.41, 5.74) is 5.73. The lowest BCUT2D eigenvalue weighted by molar-refractivity contribution is -0.530. The third-order valence-electron chi connectivity index (χ3n) is 5.28. The monoisotopic (exact) mass is 331 g/mol. The topological polar surface area (TPSA) is 85.7 Å². The largest absolute Gasteiger partial charge is 0.381 e. The van der Waals surface area contributed by atoms with E-state index in [-0.39, 0.29) is 17.0 Å². The van der Waals surface area contributed by atoms with Crippen molar-refractivity contribution in [1.29, 1.82) is 0 Å². The molecule has 0 aromatic carbocycles. The summed E-state index contributed by atoms with van der Waals surface area (Å²) in [5, 5.41) is 11.5. The van der Waals surface area contributed by atoms with Crippen LogP contribution in [0.4, 0.5) is 0 Å². The van der Waals surface area contributed by atoms with E-state index in [9.17, 15) is 10.1 Å². The highest BCUT2D eigenvalue weighted by Crippen LogP contribution is 2.36. The first-order chi connectivity index (χ1) is 10.7. The zero-order chi connectivity index (χ0) is 15.5. The van der Waals surface area contributed by atoms with Crippen LogP contribution >= 0.6 is 11.8 Å². The number of nitrogens with zero attached hydrogens (tertiary/aromatic N) is 1. The van der Waals surface area contributed by atoms with Gasteiger partial charge in [-0.3, -0.25) is 10.1 Å². The molecule has 2 saturated carbocycles. The van der Waals surface area contributed by atoms with Crippen molar-refractivity contribution in [3.8, 4) is 0 Å². The molecule has 126 valence electrons. The zero-order valence-corrected chi connectivity index (χ0v) is 13.7. The van der Waals surface area contributed by atoms with Crippen molar-refractivity contribution in [3.63, 3.8) is 0 Å². The van der Waals surface area contributed by atoms with Crippen molar-refractivity contribution in [2.45, 2.75) is 68.0 Å². The molecule has 1 heterocycles. The Labute approximate surface area is 134 Å². The Kier molecular flexibility index (Phi) is 5.56. The van der Waals surface area contributed by atoms with Gasteiger partial charge in [0.25, 0.3) is 0 Å². The number of ether oxygens (including phenoxy) is 1. The molecule has 0 bridgehead atoms. The van der Waals surface area contributed by atoms with E-state index in [1.807, 2.05) is 11.8 Å². The minimum Gasteiger partial charge on any atom is -0.381 e. The van der Waals surface area contributed by atoms with Gasteiger partial charge in [0.1, 0.15) is 6.04 Å². The van der Waals surface area contributed by atoms with Crippen LogP contribution in [-0.2, 0) is 9.68 Å².